The first-order valence-corrected chi connectivity index (χ1v) is 7.55. The third-order valence-corrected chi connectivity index (χ3v) is 3.78. The second-order valence-corrected chi connectivity index (χ2v) is 6.05. The summed E-state index contributed by atoms with van der Waals surface area (Å²) >= 11 is 5.82. The van der Waals surface area contributed by atoms with E-state index in [1.54, 1.807) is 0 Å². The zero-order valence-electron chi connectivity index (χ0n) is 10.6. The molecule has 1 amide bonds. The molecule has 1 aromatic carbocycles. The topological polar surface area (TPSA) is 128 Å². The summed E-state index contributed by atoms with van der Waals surface area (Å²) in [6.45, 7) is 0. The normalized spacial score (nSPS) is 11.1. The number of nitrogens with two attached hydrogens (primary N) is 2. The molecule has 0 bridgehead atoms. The minimum atomic E-state index is -3.77. The monoisotopic (exact) mass is 326 g/mol. The second kappa shape index (κ2) is 5.68. The zero-order valence-corrected chi connectivity index (χ0v) is 12.1. The number of nitrogens with zero attached hydrogens (tertiary/aromatic N) is 1. The Hall–Kier alpha value is -2.16. The number of carbonyl (C=O) groups excluding carboxylic acids is 1. The molecule has 9 heteroatoms. The number of carbonyl (C=O) groups is 1. The lowest BCUT2D eigenvalue weighted by molar-refractivity contribution is 0.102. The molecule has 1 heterocycles. The van der Waals surface area contributed by atoms with Gasteiger partial charge in [0.05, 0.1) is 22.3 Å². The van der Waals surface area contributed by atoms with E-state index in [0.29, 0.717) is 11.4 Å². The van der Waals surface area contributed by atoms with Crippen LogP contribution >= 0.6 is 11.6 Å². The molecule has 0 aliphatic heterocycles. The molecule has 0 unspecified atom stereocenters. The van der Waals surface area contributed by atoms with E-state index in [0.717, 1.165) is 0 Å². The maximum Gasteiger partial charge on any atom is 0.258 e. The van der Waals surface area contributed by atoms with Gasteiger partial charge >= 0.3 is 0 Å². The number of benzene rings is 1. The first-order chi connectivity index (χ1) is 9.77. The van der Waals surface area contributed by atoms with Gasteiger partial charge in [0.2, 0.25) is 10.0 Å². The maximum atomic E-state index is 12.0. The summed E-state index contributed by atoms with van der Waals surface area (Å²) in [5.74, 6) is -0.511. The van der Waals surface area contributed by atoms with Crippen molar-refractivity contribution in [1.82, 2.24) is 4.98 Å². The quantitative estimate of drug-likeness (QED) is 0.730. The molecule has 21 heavy (non-hydrogen) atoms. The SMILES string of the molecule is Nc1cnc(Cl)c(C(=O)Nc2ccc(S(N)(=O)=O)cc2)c1. The van der Waals surface area contributed by atoms with Crippen molar-refractivity contribution in [2.75, 3.05) is 11.1 Å². The van der Waals surface area contributed by atoms with Gasteiger partial charge in [-0.25, -0.2) is 18.5 Å². The van der Waals surface area contributed by atoms with E-state index >= 15 is 0 Å². The molecule has 2 rings (SSSR count). The summed E-state index contributed by atoms with van der Waals surface area (Å²) in [4.78, 5) is 15.8. The van der Waals surface area contributed by atoms with Gasteiger partial charge in [-0.3, -0.25) is 4.79 Å². The number of hydrogen-bond donors (Lipinski definition) is 3. The maximum absolute atomic E-state index is 12.0. The van der Waals surface area contributed by atoms with Crippen LogP contribution in [0.4, 0.5) is 11.4 Å². The highest BCUT2D eigenvalue weighted by atomic mass is 35.5. The molecular formula is C12H11ClN4O3S. The highest BCUT2D eigenvalue weighted by Gasteiger charge is 2.13. The van der Waals surface area contributed by atoms with Crippen LogP contribution < -0.4 is 16.2 Å². The van der Waals surface area contributed by atoms with Crippen LogP contribution in [0.1, 0.15) is 10.4 Å². The van der Waals surface area contributed by atoms with Crippen LogP contribution in [0.5, 0.6) is 0 Å². The molecule has 0 aliphatic rings. The summed E-state index contributed by atoms with van der Waals surface area (Å²) in [5, 5.41) is 7.55. The van der Waals surface area contributed by atoms with Gasteiger partial charge in [0.25, 0.3) is 5.91 Å². The lowest BCUT2D eigenvalue weighted by atomic mass is 10.2. The van der Waals surface area contributed by atoms with E-state index in [9.17, 15) is 13.2 Å². The minimum Gasteiger partial charge on any atom is -0.397 e. The van der Waals surface area contributed by atoms with E-state index < -0.39 is 15.9 Å². The molecule has 110 valence electrons. The van der Waals surface area contributed by atoms with Crippen LogP contribution in [0.3, 0.4) is 0 Å². The van der Waals surface area contributed by atoms with Crippen molar-refractivity contribution < 1.29 is 13.2 Å². The number of anilines is 2. The lowest BCUT2D eigenvalue weighted by Crippen LogP contribution is -2.14. The summed E-state index contributed by atoms with van der Waals surface area (Å²) in [5.41, 5.74) is 6.34. The molecular weight excluding hydrogens is 316 g/mol. The largest absolute Gasteiger partial charge is 0.397 e. The molecule has 7 nitrogen and oxygen atoms in total. The molecule has 0 radical (unpaired) electrons. The fourth-order valence-corrected chi connectivity index (χ4v) is 2.25. The molecule has 2 aromatic rings. The summed E-state index contributed by atoms with van der Waals surface area (Å²) in [6, 6.07) is 6.77. The van der Waals surface area contributed by atoms with E-state index in [1.165, 1.54) is 36.5 Å². The number of halogens is 1. The van der Waals surface area contributed by atoms with Crippen molar-refractivity contribution in [3.05, 3.63) is 47.2 Å². The molecule has 1 aromatic heterocycles. The van der Waals surface area contributed by atoms with Crippen LogP contribution in [-0.4, -0.2) is 19.3 Å². The predicted molar refractivity (Wildman–Crippen MR) is 79.4 cm³/mol. The van der Waals surface area contributed by atoms with Crippen molar-refractivity contribution in [3.8, 4) is 0 Å². The summed E-state index contributed by atoms with van der Waals surface area (Å²) < 4.78 is 22.2. The fraction of sp³-hybridized carbons (Fsp3) is 0. The smallest absolute Gasteiger partial charge is 0.258 e. The Balaban J connectivity index is 2.22. The number of amides is 1. The molecule has 0 aliphatic carbocycles. The van der Waals surface area contributed by atoms with Gasteiger partial charge in [0.15, 0.2) is 0 Å². The molecule has 0 atom stereocenters. The van der Waals surface area contributed by atoms with Gasteiger partial charge in [-0.05, 0) is 30.3 Å². The average molecular weight is 327 g/mol. The van der Waals surface area contributed by atoms with Crippen molar-refractivity contribution in [1.29, 1.82) is 0 Å². The van der Waals surface area contributed by atoms with Gasteiger partial charge in [0, 0.05) is 5.69 Å². The van der Waals surface area contributed by atoms with Gasteiger partial charge in [-0.2, -0.15) is 0 Å². The Labute approximate surface area is 126 Å². The molecule has 0 spiro atoms. The van der Waals surface area contributed by atoms with Crippen molar-refractivity contribution in [3.63, 3.8) is 0 Å². The zero-order chi connectivity index (χ0) is 15.6. The Morgan fingerprint density at radius 2 is 1.86 bits per heavy atom. The predicted octanol–water partition coefficient (Wildman–Crippen LogP) is 1.22. The van der Waals surface area contributed by atoms with Crippen LogP contribution in [0.2, 0.25) is 5.15 Å². The Morgan fingerprint density at radius 3 is 2.43 bits per heavy atom. The Kier molecular flexibility index (Phi) is 4.12. The molecule has 0 fully saturated rings. The van der Waals surface area contributed by atoms with Crippen molar-refractivity contribution in [2.24, 2.45) is 5.14 Å². The Bertz CT molecular complexity index is 791. The molecule has 5 N–H and O–H groups in total. The van der Waals surface area contributed by atoms with E-state index in [1.807, 2.05) is 0 Å². The minimum absolute atomic E-state index is 0.0165. The highest BCUT2D eigenvalue weighted by Crippen LogP contribution is 2.18. The number of aromatic nitrogens is 1. The van der Waals surface area contributed by atoms with Gasteiger partial charge < -0.3 is 11.1 Å². The van der Waals surface area contributed by atoms with Crippen LogP contribution in [0.25, 0.3) is 0 Å². The number of rotatable bonds is 3. The molecule has 0 saturated carbocycles. The van der Waals surface area contributed by atoms with Gasteiger partial charge in [-0.1, -0.05) is 11.6 Å². The second-order valence-electron chi connectivity index (χ2n) is 4.13. The first-order valence-electron chi connectivity index (χ1n) is 5.62. The first kappa shape index (κ1) is 15.2. The van der Waals surface area contributed by atoms with E-state index in [4.69, 9.17) is 22.5 Å². The van der Waals surface area contributed by atoms with Gasteiger partial charge in [-0.15, -0.1) is 0 Å². The Morgan fingerprint density at radius 1 is 1.24 bits per heavy atom. The number of hydrogen-bond acceptors (Lipinski definition) is 5. The number of nitrogens with one attached hydrogen (secondary N) is 1. The third kappa shape index (κ3) is 3.69. The number of nitrogen functional groups attached to an aromatic ring is 1. The lowest BCUT2D eigenvalue weighted by Gasteiger charge is -2.07. The van der Waals surface area contributed by atoms with Crippen LogP contribution in [-0.2, 0) is 10.0 Å². The van der Waals surface area contributed by atoms with Crippen LogP contribution in [0.15, 0.2) is 41.4 Å². The van der Waals surface area contributed by atoms with Crippen LogP contribution in [0, 0.1) is 0 Å². The van der Waals surface area contributed by atoms with Crippen molar-refractivity contribution >= 4 is 38.9 Å². The number of pyridine rings is 1. The van der Waals surface area contributed by atoms with Crippen molar-refractivity contribution in [2.45, 2.75) is 4.90 Å². The molecule has 0 saturated heterocycles. The number of primary sulfonamides is 1. The highest BCUT2D eigenvalue weighted by molar-refractivity contribution is 7.89. The summed E-state index contributed by atoms with van der Waals surface area (Å²) in [7, 11) is -3.77. The fourth-order valence-electron chi connectivity index (χ4n) is 1.55. The van der Waals surface area contributed by atoms with Gasteiger partial charge in [0.1, 0.15) is 5.15 Å². The third-order valence-electron chi connectivity index (χ3n) is 2.55. The standard InChI is InChI=1S/C12H11ClN4O3S/c13-11-10(5-7(14)6-16-11)12(18)17-8-1-3-9(4-2-8)21(15,19)20/h1-6H,14H2,(H,17,18)(H2,15,19,20). The summed E-state index contributed by atoms with van der Waals surface area (Å²) in [6.07, 6.45) is 1.33. The number of sulfonamides is 1. The average Bonchev–Trinajstić information content (AvgIpc) is 2.41. The van der Waals surface area contributed by atoms with E-state index in [-0.39, 0.29) is 15.6 Å². The van der Waals surface area contributed by atoms with E-state index in [2.05, 4.69) is 10.3 Å².